The minimum absolute atomic E-state index is 0.279. The molecular weight excluding hydrogens is 238 g/mol. The summed E-state index contributed by atoms with van der Waals surface area (Å²) in [4.78, 5) is 27.0. The van der Waals surface area contributed by atoms with Crippen LogP contribution in [0, 0.1) is 0 Å². The minimum Gasteiger partial charge on any atom is -0.481 e. The number of amides is 2. The molecule has 0 fully saturated rings. The molecule has 0 aliphatic heterocycles. The Labute approximate surface area is 104 Å². The molecule has 0 saturated heterocycles. The van der Waals surface area contributed by atoms with E-state index in [0.29, 0.717) is 5.88 Å². The first-order valence-corrected chi connectivity index (χ1v) is 5.22. The van der Waals surface area contributed by atoms with E-state index in [2.05, 4.69) is 10.3 Å². The van der Waals surface area contributed by atoms with Crippen molar-refractivity contribution in [3.8, 4) is 5.88 Å². The van der Waals surface area contributed by atoms with Crippen LogP contribution in [0.1, 0.15) is 5.56 Å². The highest BCUT2D eigenvalue weighted by Crippen LogP contribution is 2.08. The van der Waals surface area contributed by atoms with Gasteiger partial charge in [-0.2, -0.15) is 0 Å². The van der Waals surface area contributed by atoms with E-state index in [1.165, 1.54) is 14.2 Å². The summed E-state index contributed by atoms with van der Waals surface area (Å²) >= 11 is 0. The molecule has 0 aromatic carbocycles. The van der Waals surface area contributed by atoms with Crippen molar-refractivity contribution in [2.75, 3.05) is 20.7 Å². The zero-order valence-electron chi connectivity index (χ0n) is 10.2. The first-order valence-electron chi connectivity index (χ1n) is 5.22. The number of nitrogens with one attached hydrogen (secondary N) is 1. The number of hydrogen-bond donors (Lipinski definition) is 2. The molecule has 0 atom stereocenters. The van der Waals surface area contributed by atoms with Crippen LogP contribution >= 0.6 is 0 Å². The summed E-state index contributed by atoms with van der Waals surface area (Å²) in [7, 11) is 2.92. The van der Waals surface area contributed by atoms with Crippen molar-refractivity contribution in [2.45, 2.75) is 6.54 Å². The van der Waals surface area contributed by atoms with Crippen molar-refractivity contribution in [2.24, 2.45) is 0 Å². The zero-order chi connectivity index (χ0) is 13.5. The Morgan fingerprint density at radius 2 is 2.28 bits per heavy atom. The van der Waals surface area contributed by atoms with Gasteiger partial charge in [0, 0.05) is 25.9 Å². The number of carboxylic acid groups (broad SMARTS) is 1. The number of hydrogen-bond acceptors (Lipinski definition) is 4. The van der Waals surface area contributed by atoms with E-state index in [1.54, 1.807) is 18.3 Å². The second-order valence-electron chi connectivity index (χ2n) is 3.61. The summed E-state index contributed by atoms with van der Waals surface area (Å²) < 4.78 is 4.95. The summed E-state index contributed by atoms with van der Waals surface area (Å²) in [5.41, 5.74) is 0.818. The highest BCUT2D eigenvalue weighted by atomic mass is 16.5. The smallest absolute Gasteiger partial charge is 0.323 e. The van der Waals surface area contributed by atoms with Crippen molar-refractivity contribution < 1.29 is 19.4 Å². The van der Waals surface area contributed by atoms with Crippen LogP contribution in [0.25, 0.3) is 0 Å². The maximum atomic E-state index is 11.5. The third kappa shape index (κ3) is 4.28. The molecule has 0 saturated carbocycles. The molecule has 0 unspecified atom stereocenters. The number of carbonyl (C=O) groups is 2. The Morgan fingerprint density at radius 3 is 2.89 bits per heavy atom. The van der Waals surface area contributed by atoms with Crippen LogP contribution in [0.2, 0.25) is 0 Å². The van der Waals surface area contributed by atoms with E-state index in [9.17, 15) is 9.59 Å². The average molecular weight is 253 g/mol. The molecule has 1 aromatic rings. The van der Waals surface area contributed by atoms with E-state index in [4.69, 9.17) is 9.84 Å². The first-order chi connectivity index (χ1) is 8.52. The van der Waals surface area contributed by atoms with Gasteiger partial charge in [0.25, 0.3) is 0 Å². The van der Waals surface area contributed by atoms with Gasteiger partial charge in [-0.15, -0.1) is 0 Å². The van der Waals surface area contributed by atoms with Crippen molar-refractivity contribution in [1.29, 1.82) is 0 Å². The average Bonchev–Trinajstić information content (AvgIpc) is 2.35. The molecule has 0 spiro atoms. The summed E-state index contributed by atoms with van der Waals surface area (Å²) in [6.07, 6.45) is 1.57. The van der Waals surface area contributed by atoms with Crippen LogP contribution in [0.4, 0.5) is 4.79 Å². The number of ether oxygens (including phenoxy) is 1. The summed E-state index contributed by atoms with van der Waals surface area (Å²) in [6.45, 7) is -0.0623. The quantitative estimate of drug-likeness (QED) is 0.788. The minimum atomic E-state index is -1.06. The SMILES string of the molecule is COc1cc(CNC(=O)N(C)CC(=O)O)ccn1. The Balaban J connectivity index is 2.49. The number of rotatable bonds is 5. The fourth-order valence-electron chi connectivity index (χ4n) is 1.26. The number of likely N-dealkylation sites (N-methyl/N-ethyl adjacent to an activating group) is 1. The number of pyridine rings is 1. The zero-order valence-corrected chi connectivity index (χ0v) is 10.2. The van der Waals surface area contributed by atoms with Gasteiger partial charge >= 0.3 is 12.0 Å². The summed E-state index contributed by atoms with van der Waals surface area (Å²) in [5.74, 6) is -0.598. The van der Waals surface area contributed by atoms with Gasteiger partial charge in [0.15, 0.2) is 0 Å². The molecule has 0 radical (unpaired) electrons. The number of urea groups is 1. The number of nitrogens with zero attached hydrogens (tertiary/aromatic N) is 2. The number of aliphatic carboxylic acids is 1. The largest absolute Gasteiger partial charge is 0.481 e. The van der Waals surface area contributed by atoms with Crippen LogP contribution < -0.4 is 10.1 Å². The Hall–Kier alpha value is -2.31. The number of carboxylic acids is 1. The molecule has 2 amide bonds. The molecular formula is C11H15N3O4. The summed E-state index contributed by atoms with van der Waals surface area (Å²) in [6, 6.07) is 2.98. The van der Waals surface area contributed by atoms with E-state index >= 15 is 0 Å². The lowest BCUT2D eigenvalue weighted by atomic mass is 10.2. The molecule has 1 heterocycles. The molecule has 0 aliphatic rings. The van der Waals surface area contributed by atoms with Crippen LogP contribution in [-0.2, 0) is 11.3 Å². The third-order valence-electron chi connectivity index (χ3n) is 2.17. The van der Waals surface area contributed by atoms with Gasteiger partial charge < -0.3 is 20.1 Å². The van der Waals surface area contributed by atoms with Crippen LogP contribution in [-0.4, -0.2) is 47.7 Å². The second kappa shape index (κ2) is 6.43. The molecule has 1 rings (SSSR count). The van der Waals surface area contributed by atoms with Crippen LogP contribution in [0.15, 0.2) is 18.3 Å². The van der Waals surface area contributed by atoms with Gasteiger partial charge in [-0.3, -0.25) is 4.79 Å². The number of aromatic nitrogens is 1. The first kappa shape index (κ1) is 13.8. The standard InChI is InChI=1S/C11H15N3O4/c1-14(7-10(15)16)11(17)13-6-8-3-4-12-9(5-8)18-2/h3-5H,6-7H2,1-2H3,(H,13,17)(H,15,16). The van der Waals surface area contributed by atoms with Crippen LogP contribution in [0.3, 0.4) is 0 Å². The molecule has 1 aromatic heterocycles. The fourth-order valence-corrected chi connectivity index (χ4v) is 1.26. The molecule has 98 valence electrons. The monoisotopic (exact) mass is 253 g/mol. The van der Waals surface area contributed by atoms with Gasteiger partial charge in [-0.25, -0.2) is 9.78 Å². The third-order valence-corrected chi connectivity index (χ3v) is 2.17. The lowest BCUT2D eigenvalue weighted by molar-refractivity contribution is -0.137. The molecule has 7 nitrogen and oxygen atoms in total. The van der Waals surface area contributed by atoms with E-state index in [0.717, 1.165) is 10.5 Å². The predicted octanol–water partition coefficient (Wildman–Crippen LogP) is 0.316. The second-order valence-corrected chi connectivity index (χ2v) is 3.61. The fraction of sp³-hybridized carbons (Fsp3) is 0.364. The number of carbonyl (C=O) groups excluding carboxylic acids is 1. The molecule has 0 bridgehead atoms. The van der Waals surface area contributed by atoms with E-state index in [-0.39, 0.29) is 13.1 Å². The molecule has 18 heavy (non-hydrogen) atoms. The maximum Gasteiger partial charge on any atom is 0.323 e. The number of methoxy groups -OCH3 is 1. The highest BCUT2D eigenvalue weighted by molar-refractivity contribution is 5.79. The summed E-state index contributed by atoms with van der Waals surface area (Å²) in [5, 5.41) is 11.1. The van der Waals surface area contributed by atoms with Gasteiger partial charge in [-0.05, 0) is 11.6 Å². The van der Waals surface area contributed by atoms with Gasteiger partial charge in [-0.1, -0.05) is 0 Å². The van der Waals surface area contributed by atoms with Crippen molar-refractivity contribution in [1.82, 2.24) is 15.2 Å². The van der Waals surface area contributed by atoms with Gasteiger partial charge in [0.2, 0.25) is 5.88 Å². The van der Waals surface area contributed by atoms with Crippen LogP contribution in [0.5, 0.6) is 5.88 Å². The highest BCUT2D eigenvalue weighted by Gasteiger charge is 2.11. The lowest BCUT2D eigenvalue weighted by Gasteiger charge is -2.15. The van der Waals surface area contributed by atoms with E-state index in [1.807, 2.05) is 0 Å². The lowest BCUT2D eigenvalue weighted by Crippen LogP contribution is -2.39. The van der Waals surface area contributed by atoms with Crippen molar-refractivity contribution in [3.63, 3.8) is 0 Å². The Bertz CT molecular complexity index is 436. The molecule has 7 heteroatoms. The maximum absolute atomic E-state index is 11.5. The molecule has 0 aliphatic carbocycles. The van der Waals surface area contributed by atoms with Crippen molar-refractivity contribution >= 4 is 12.0 Å². The Kier molecular flexibility index (Phi) is 4.91. The van der Waals surface area contributed by atoms with E-state index < -0.39 is 12.0 Å². The topological polar surface area (TPSA) is 91.8 Å². The Morgan fingerprint density at radius 1 is 1.56 bits per heavy atom. The van der Waals surface area contributed by atoms with Gasteiger partial charge in [0.1, 0.15) is 6.54 Å². The predicted molar refractivity (Wildman–Crippen MR) is 63.3 cm³/mol. The van der Waals surface area contributed by atoms with Crippen molar-refractivity contribution in [3.05, 3.63) is 23.9 Å². The molecule has 2 N–H and O–H groups in total. The normalized spacial score (nSPS) is 9.67. The van der Waals surface area contributed by atoms with Gasteiger partial charge in [0.05, 0.1) is 7.11 Å².